The minimum Gasteiger partial charge on any atom is -0.420 e. The lowest BCUT2D eigenvalue weighted by Crippen LogP contribution is -2.25. The summed E-state index contributed by atoms with van der Waals surface area (Å²) in [5.41, 5.74) is 0.917. The lowest BCUT2D eigenvalue weighted by atomic mass is 10.1. The Bertz CT molecular complexity index is 520. The summed E-state index contributed by atoms with van der Waals surface area (Å²) in [6, 6.07) is 0.459. The van der Waals surface area contributed by atoms with Crippen LogP contribution in [-0.2, 0) is 6.42 Å². The Morgan fingerprint density at radius 1 is 1.16 bits per heavy atom. The van der Waals surface area contributed by atoms with E-state index < -0.39 is 0 Å². The molecule has 0 amide bonds. The fourth-order valence-corrected chi connectivity index (χ4v) is 2.38. The van der Waals surface area contributed by atoms with Crippen molar-refractivity contribution in [1.29, 1.82) is 0 Å². The van der Waals surface area contributed by atoms with Crippen LogP contribution in [0.25, 0.3) is 10.8 Å². The maximum absolute atomic E-state index is 5.67. The molecule has 7 heteroatoms. The molecule has 0 atom stereocenters. The monoisotopic (exact) mass is 281 g/mol. The van der Waals surface area contributed by atoms with E-state index in [0.717, 1.165) is 23.5 Å². The van der Waals surface area contributed by atoms with E-state index in [1.54, 1.807) is 0 Å². The largest absolute Gasteiger partial charge is 0.420 e. The lowest BCUT2D eigenvalue weighted by Gasteiger charge is -2.04. The molecule has 0 spiro atoms. The van der Waals surface area contributed by atoms with E-state index in [1.165, 1.54) is 11.5 Å². The van der Waals surface area contributed by atoms with Crippen LogP contribution >= 0.6 is 11.5 Å². The summed E-state index contributed by atoms with van der Waals surface area (Å²) in [4.78, 5) is 0.880. The van der Waals surface area contributed by atoms with Crippen molar-refractivity contribution in [3.63, 3.8) is 0 Å². The number of nitrogens with zero attached hydrogens (tertiary/aromatic N) is 4. The molecule has 19 heavy (non-hydrogen) atoms. The zero-order valence-corrected chi connectivity index (χ0v) is 12.5. The summed E-state index contributed by atoms with van der Waals surface area (Å²) >= 11 is 1.30. The van der Waals surface area contributed by atoms with Crippen molar-refractivity contribution in [2.45, 2.75) is 46.1 Å². The highest BCUT2D eigenvalue weighted by atomic mass is 32.1. The number of aromatic nitrogens is 4. The van der Waals surface area contributed by atoms with E-state index >= 15 is 0 Å². The highest BCUT2D eigenvalue weighted by Crippen LogP contribution is 2.29. The van der Waals surface area contributed by atoms with E-state index in [0.29, 0.717) is 23.7 Å². The average molecular weight is 281 g/mol. The first-order chi connectivity index (χ1) is 9.08. The molecule has 2 heterocycles. The summed E-state index contributed by atoms with van der Waals surface area (Å²) < 4.78 is 9.63. The first-order valence-electron chi connectivity index (χ1n) is 6.46. The number of hydrogen-bond donors (Lipinski definition) is 1. The van der Waals surface area contributed by atoms with Gasteiger partial charge in [-0.2, -0.15) is 0 Å². The summed E-state index contributed by atoms with van der Waals surface area (Å²) in [5.74, 6) is 1.47. The van der Waals surface area contributed by atoms with Gasteiger partial charge in [-0.3, -0.25) is 0 Å². The second kappa shape index (κ2) is 6.21. The second-order valence-corrected chi connectivity index (χ2v) is 5.76. The van der Waals surface area contributed by atoms with Crippen LogP contribution in [0.4, 0.5) is 0 Å². The minimum atomic E-state index is 0.298. The van der Waals surface area contributed by atoms with Gasteiger partial charge in [0, 0.05) is 19.0 Å². The van der Waals surface area contributed by atoms with Gasteiger partial charge in [0.25, 0.3) is 5.89 Å². The highest BCUT2D eigenvalue weighted by Gasteiger charge is 2.18. The van der Waals surface area contributed by atoms with Crippen molar-refractivity contribution in [2.75, 3.05) is 6.54 Å². The molecule has 0 aliphatic carbocycles. The SMILES string of the molecule is CC(C)NCCc1nnc(-c2snnc2C(C)C)o1. The fraction of sp³-hybridized carbons (Fsp3) is 0.667. The zero-order chi connectivity index (χ0) is 13.8. The van der Waals surface area contributed by atoms with Crippen LogP contribution in [0.5, 0.6) is 0 Å². The molecule has 0 radical (unpaired) electrons. The van der Waals surface area contributed by atoms with Crippen molar-refractivity contribution in [1.82, 2.24) is 25.1 Å². The molecule has 0 bridgehead atoms. The van der Waals surface area contributed by atoms with Crippen molar-refractivity contribution in [2.24, 2.45) is 0 Å². The summed E-state index contributed by atoms with van der Waals surface area (Å²) in [6.07, 6.45) is 0.731. The average Bonchev–Trinajstić information content (AvgIpc) is 2.95. The molecule has 104 valence electrons. The van der Waals surface area contributed by atoms with E-state index in [9.17, 15) is 0 Å². The molecule has 0 saturated carbocycles. The Morgan fingerprint density at radius 2 is 1.95 bits per heavy atom. The maximum Gasteiger partial charge on any atom is 0.261 e. The van der Waals surface area contributed by atoms with Crippen molar-refractivity contribution < 1.29 is 4.42 Å². The van der Waals surface area contributed by atoms with E-state index in [-0.39, 0.29) is 0 Å². The van der Waals surface area contributed by atoms with E-state index in [4.69, 9.17) is 4.42 Å². The quantitative estimate of drug-likeness (QED) is 0.875. The molecule has 0 saturated heterocycles. The summed E-state index contributed by atoms with van der Waals surface area (Å²) in [7, 11) is 0. The Morgan fingerprint density at radius 3 is 2.63 bits per heavy atom. The normalized spacial score (nSPS) is 11.7. The van der Waals surface area contributed by atoms with Gasteiger partial charge in [-0.05, 0) is 17.5 Å². The first-order valence-corrected chi connectivity index (χ1v) is 7.23. The van der Waals surface area contributed by atoms with Crippen molar-refractivity contribution >= 4 is 11.5 Å². The molecule has 2 aromatic heterocycles. The predicted molar refractivity (Wildman–Crippen MR) is 74.1 cm³/mol. The number of rotatable bonds is 6. The van der Waals surface area contributed by atoms with Crippen molar-refractivity contribution in [3.05, 3.63) is 11.6 Å². The van der Waals surface area contributed by atoms with Gasteiger partial charge >= 0.3 is 0 Å². The third-order valence-corrected chi connectivity index (χ3v) is 3.34. The zero-order valence-electron chi connectivity index (χ0n) is 11.7. The molecule has 6 nitrogen and oxygen atoms in total. The van der Waals surface area contributed by atoms with Crippen LogP contribution in [0.1, 0.15) is 45.2 Å². The van der Waals surface area contributed by atoms with Gasteiger partial charge in [0.1, 0.15) is 4.88 Å². The van der Waals surface area contributed by atoms with Crippen LogP contribution in [0.15, 0.2) is 4.42 Å². The lowest BCUT2D eigenvalue weighted by molar-refractivity contribution is 0.484. The standard InChI is InChI=1S/C12H19N5OS/c1-7(2)10-11(19-17-15-10)12-16-14-9(18-12)5-6-13-8(3)4/h7-8,13H,5-6H2,1-4H3. The molecule has 2 rings (SSSR count). The van der Waals surface area contributed by atoms with Crippen LogP contribution in [0, 0.1) is 0 Å². The van der Waals surface area contributed by atoms with Gasteiger partial charge in [0.05, 0.1) is 5.69 Å². The first kappa shape index (κ1) is 14.1. The Labute approximate surface area is 116 Å². The smallest absolute Gasteiger partial charge is 0.261 e. The minimum absolute atomic E-state index is 0.298. The molecule has 2 aromatic rings. The van der Waals surface area contributed by atoms with Gasteiger partial charge in [-0.25, -0.2) is 0 Å². The fourth-order valence-electron chi connectivity index (χ4n) is 1.64. The van der Waals surface area contributed by atoms with Gasteiger partial charge in [-0.15, -0.1) is 15.3 Å². The van der Waals surface area contributed by atoms with Gasteiger partial charge in [-0.1, -0.05) is 32.2 Å². The molecule has 0 aliphatic rings. The van der Waals surface area contributed by atoms with Crippen molar-refractivity contribution in [3.8, 4) is 10.8 Å². The third-order valence-electron chi connectivity index (χ3n) is 2.61. The Hall–Kier alpha value is -1.34. The molecule has 0 unspecified atom stereocenters. The molecule has 0 fully saturated rings. The molecule has 0 aliphatic heterocycles. The number of nitrogens with one attached hydrogen (secondary N) is 1. The Kier molecular flexibility index (Phi) is 4.60. The topological polar surface area (TPSA) is 76.7 Å². The molecule has 0 aromatic carbocycles. The van der Waals surface area contributed by atoms with Crippen LogP contribution in [-0.4, -0.2) is 32.4 Å². The van der Waals surface area contributed by atoms with E-state index in [2.05, 4.69) is 52.8 Å². The van der Waals surface area contributed by atoms with Crippen LogP contribution in [0.2, 0.25) is 0 Å². The summed E-state index contributed by atoms with van der Waals surface area (Å²) in [6.45, 7) is 9.19. The van der Waals surface area contributed by atoms with E-state index in [1.807, 2.05) is 0 Å². The highest BCUT2D eigenvalue weighted by molar-refractivity contribution is 7.09. The summed E-state index contributed by atoms with van der Waals surface area (Å²) in [5, 5.41) is 15.6. The number of hydrogen-bond acceptors (Lipinski definition) is 7. The van der Waals surface area contributed by atoms with Crippen LogP contribution < -0.4 is 5.32 Å². The Balaban J connectivity index is 2.06. The molecular formula is C12H19N5OS. The maximum atomic E-state index is 5.67. The third kappa shape index (κ3) is 3.57. The van der Waals surface area contributed by atoms with Crippen LogP contribution in [0.3, 0.4) is 0 Å². The van der Waals surface area contributed by atoms with Gasteiger partial charge in [0.2, 0.25) is 5.89 Å². The molecule has 1 N–H and O–H groups in total. The predicted octanol–water partition coefficient (Wildman–Crippen LogP) is 2.25. The van der Waals surface area contributed by atoms with Gasteiger partial charge < -0.3 is 9.73 Å². The molecular weight excluding hydrogens is 262 g/mol. The van der Waals surface area contributed by atoms with Gasteiger partial charge in [0.15, 0.2) is 0 Å². The second-order valence-electron chi connectivity index (χ2n) is 5.00.